The molecule has 247 valence electrons. The van der Waals surface area contributed by atoms with Crippen molar-refractivity contribution in [3.8, 4) is 5.75 Å². The third-order valence-electron chi connectivity index (χ3n) is 7.59. The molecule has 46 heavy (non-hydrogen) atoms. The van der Waals surface area contributed by atoms with Gasteiger partial charge in [-0.15, -0.1) is 0 Å². The Balaban J connectivity index is 0.00000736. The smallest absolute Gasteiger partial charge is 0.333 e. The van der Waals surface area contributed by atoms with Crippen LogP contribution in [0.2, 0.25) is 0 Å². The maximum atomic E-state index is 13.4. The Morgan fingerprint density at radius 3 is 2.11 bits per heavy atom. The topological polar surface area (TPSA) is 162 Å². The number of carbonyl (C=O) groups excluding carboxylic acids is 3. The second-order valence-corrected chi connectivity index (χ2v) is 13.5. The molecule has 2 N–H and O–H groups in total. The minimum atomic E-state index is -4.33. The average Bonchev–Trinajstić information content (AvgIpc) is 2.95. The van der Waals surface area contributed by atoms with E-state index in [9.17, 15) is 27.6 Å². The first-order valence-electron chi connectivity index (χ1n) is 15.1. The number of amides is 4. The zero-order chi connectivity index (χ0) is 33.5. The monoisotopic (exact) mass is 668 g/mol. The van der Waals surface area contributed by atoms with Crippen LogP contribution in [0.5, 0.6) is 5.75 Å². The molecule has 0 aliphatic carbocycles. The van der Waals surface area contributed by atoms with Crippen LogP contribution >= 0.6 is 0 Å². The van der Waals surface area contributed by atoms with E-state index in [0.29, 0.717) is 30.8 Å². The first-order valence-corrected chi connectivity index (χ1v) is 16.7. The molecule has 1 aromatic rings. The van der Waals surface area contributed by atoms with Gasteiger partial charge in [-0.3, -0.25) is 28.7 Å². The summed E-state index contributed by atoms with van der Waals surface area (Å²) in [4.78, 5) is 54.7. The van der Waals surface area contributed by atoms with E-state index >= 15 is 0 Å². The van der Waals surface area contributed by atoms with Gasteiger partial charge in [0.25, 0.3) is 21.9 Å². The predicted octanol–water partition coefficient (Wildman–Crippen LogP) is 4.50. The van der Waals surface area contributed by atoms with Crippen molar-refractivity contribution in [2.75, 3.05) is 36.8 Å². The number of unbranched alkanes of at least 4 members (excludes halogenated alkanes) is 2. The van der Waals surface area contributed by atoms with Crippen molar-refractivity contribution in [2.24, 2.45) is 5.41 Å². The van der Waals surface area contributed by atoms with Crippen LogP contribution in [0.3, 0.4) is 0 Å². The van der Waals surface area contributed by atoms with Crippen molar-refractivity contribution >= 4 is 74.8 Å². The van der Waals surface area contributed by atoms with Crippen LogP contribution in [0.25, 0.3) is 5.57 Å². The molecule has 1 fully saturated rings. The van der Waals surface area contributed by atoms with Gasteiger partial charge in [0.15, 0.2) is 0 Å². The van der Waals surface area contributed by atoms with Gasteiger partial charge < -0.3 is 14.7 Å². The van der Waals surface area contributed by atoms with E-state index in [0.717, 1.165) is 39.7 Å². The molecule has 4 amide bonds. The number of carboxylic acid groups (broad SMARTS) is 1. The number of hydrogen-bond donors (Lipinski definition) is 2. The second kappa shape index (κ2) is 16.7. The number of benzene rings is 1. The van der Waals surface area contributed by atoms with E-state index in [-0.39, 0.29) is 66.5 Å². The molecule has 1 radical (unpaired) electrons. The first kappa shape index (κ1) is 39.2. The summed E-state index contributed by atoms with van der Waals surface area (Å²) < 4.78 is 37.8. The molecule has 2 heterocycles. The Morgan fingerprint density at radius 2 is 1.57 bits per heavy atom. The van der Waals surface area contributed by atoms with Gasteiger partial charge in [-0.2, -0.15) is 8.42 Å². The number of allylic oxidation sites excluding steroid dienone is 4. The summed E-state index contributed by atoms with van der Waals surface area (Å²) in [5.74, 6) is -2.31. The molecular formula is C32H43N3NaO9S. The molecule has 0 aromatic heterocycles. The average molecular weight is 669 g/mol. The SMILES string of the molecule is CCN(CC)c1ccc2c(c1)OC(=CC=C1C(=O)N(CCCCCC(=O)O)C(=O)N(CCCS(=O)(=O)O)C1=O)C=C2C(C)(C)C.[Na]. The third-order valence-corrected chi connectivity index (χ3v) is 8.39. The summed E-state index contributed by atoms with van der Waals surface area (Å²) in [5, 5.41) is 8.87. The standard InChI is InChI=1S/C32H43N3O9S.Na/c1-6-33(7-2)22-13-15-24-26(32(3,4)5)21-23(44-27(24)20-22)14-16-25-29(38)34(17-10-8-9-12-28(36)37)31(40)35(30(25)39)18-11-19-45(41,42)43;/h13-16,20-21H,6-12,17-19H2,1-5H3,(H,36,37)(H,41,42,43);. The minimum absolute atomic E-state index is 0. The van der Waals surface area contributed by atoms with Gasteiger partial charge in [0, 0.05) is 79.5 Å². The second-order valence-electron chi connectivity index (χ2n) is 12.0. The number of ether oxygens (including phenoxy) is 1. The number of imide groups is 2. The van der Waals surface area contributed by atoms with Crippen molar-refractivity contribution in [1.29, 1.82) is 0 Å². The van der Waals surface area contributed by atoms with E-state index in [4.69, 9.17) is 14.4 Å². The molecule has 0 saturated carbocycles. The Bertz CT molecular complexity index is 1520. The van der Waals surface area contributed by atoms with Crippen LogP contribution in [0.15, 0.2) is 47.8 Å². The number of anilines is 1. The van der Waals surface area contributed by atoms with Crippen molar-refractivity contribution in [1.82, 2.24) is 9.80 Å². The number of urea groups is 1. The molecule has 1 aromatic carbocycles. The van der Waals surface area contributed by atoms with Crippen LogP contribution in [-0.2, 0) is 24.5 Å². The molecule has 0 unspecified atom stereocenters. The van der Waals surface area contributed by atoms with Crippen molar-refractivity contribution in [3.63, 3.8) is 0 Å². The normalized spacial score (nSPS) is 17.1. The van der Waals surface area contributed by atoms with Gasteiger partial charge in [-0.25, -0.2) is 4.79 Å². The van der Waals surface area contributed by atoms with Crippen molar-refractivity contribution in [3.05, 3.63) is 53.3 Å². The van der Waals surface area contributed by atoms with Crippen molar-refractivity contribution < 1.29 is 42.0 Å². The summed E-state index contributed by atoms with van der Waals surface area (Å²) in [6, 6.07) is 5.13. The number of carboxylic acids is 1. The number of carbonyl (C=O) groups is 4. The fourth-order valence-electron chi connectivity index (χ4n) is 5.21. The quantitative estimate of drug-likeness (QED) is 0.0950. The van der Waals surface area contributed by atoms with Gasteiger partial charge in [0.05, 0.1) is 5.75 Å². The number of barbiturate groups is 1. The van der Waals surface area contributed by atoms with E-state index in [1.807, 2.05) is 18.2 Å². The Morgan fingerprint density at radius 1 is 0.957 bits per heavy atom. The number of aliphatic carboxylic acids is 1. The van der Waals surface area contributed by atoms with Gasteiger partial charge in [-0.05, 0) is 74.5 Å². The summed E-state index contributed by atoms with van der Waals surface area (Å²) >= 11 is 0. The zero-order valence-corrected chi connectivity index (χ0v) is 30.4. The number of rotatable bonds is 14. The summed E-state index contributed by atoms with van der Waals surface area (Å²) in [7, 11) is -4.33. The van der Waals surface area contributed by atoms with E-state index in [1.165, 1.54) is 12.2 Å². The Labute approximate surface area is 293 Å². The van der Waals surface area contributed by atoms with Crippen LogP contribution < -0.4 is 9.64 Å². The van der Waals surface area contributed by atoms with Crippen molar-refractivity contribution in [2.45, 2.75) is 66.7 Å². The van der Waals surface area contributed by atoms with Gasteiger partial charge in [-0.1, -0.05) is 27.2 Å². The molecule has 3 rings (SSSR count). The molecule has 12 nitrogen and oxygen atoms in total. The third kappa shape index (κ3) is 10.3. The molecule has 1 saturated heterocycles. The molecule has 0 spiro atoms. The van der Waals surface area contributed by atoms with Gasteiger partial charge >= 0.3 is 12.0 Å². The largest absolute Gasteiger partial charge is 0.481 e. The molecule has 2 aliphatic rings. The molecule has 14 heteroatoms. The number of hydrogen-bond acceptors (Lipinski definition) is 8. The van der Waals surface area contributed by atoms with Crippen LogP contribution in [0, 0.1) is 5.41 Å². The van der Waals surface area contributed by atoms with E-state index < -0.39 is 39.7 Å². The van der Waals surface area contributed by atoms with Crippen LogP contribution in [-0.4, -0.2) is 113 Å². The van der Waals surface area contributed by atoms with Gasteiger partial charge in [0.1, 0.15) is 17.1 Å². The molecule has 0 atom stereocenters. The maximum Gasteiger partial charge on any atom is 0.333 e. The fourth-order valence-corrected chi connectivity index (χ4v) is 5.71. The molecule has 2 aliphatic heterocycles. The summed E-state index contributed by atoms with van der Waals surface area (Å²) in [5.41, 5.74) is 2.33. The summed E-state index contributed by atoms with van der Waals surface area (Å²) in [6.45, 7) is 11.6. The van der Waals surface area contributed by atoms with Crippen LogP contribution in [0.1, 0.15) is 72.3 Å². The Kier molecular flexibility index (Phi) is 14.3. The fraction of sp³-hybridized carbons (Fsp3) is 0.500. The summed E-state index contributed by atoms with van der Waals surface area (Å²) in [6.07, 6.45) is 5.49. The van der Waals surface area contributed by atoms with Gasteiger partial charge in [0.2, 0.25) is 0 Å². The zero-order valence-electron chi connectivity index (χ0n) is 27.5. The van der Waals surface area contributed by atoms with E-state index in [2.05, 4.69) is 45.6 Å². The van der Waals surface area contributed by atoms with Crippen LogP contribution in [0.4, 0.5) is 10.5 Å². The predicted molar refractivity (Wildman–Crippen MR) is 176 cm³/mol. The minimum Gasteiger partial charge on any atom is -0.481 e. The number of fused-ring (bicyclic) bond motifs is 1. The maximum absolute atomic E-state index is 13.4. The van der Waals surface area contributed by atoms with E-state index in [1.54, 1.807) is 0 Å². The first-order chi connectivity index (χ1) is 21.1. The Hall–Kier alpha value is -2.97. The molecule has 0 bridgehead atoms. The number of nitrogens with zero attached hydrogens (tertiary/aromatic N) is 3. The molecular weight excluding hydrogens is 625 g/mol.